The van der Waals surface area contributed by atoms with Gasteiger partial charge in [0.1, 0.15) is 0 Å². The number of nitro groups is 1. The molecule has 0 atom stereocenters. The van der Waals surface area contributed by atoms with Gasteiger partial charge in [-0.2, -0.15) is 5.10 Å². The highest BCUT2D eigenvalue weighted by atomic mass is 16.6. The molecule has 0 aliphatic carbocycles. The Morgan fingerprint density at radius 2 is 1.92 bits per heavy atom. The summed E-state index contributed by atoms with van der Waals surface area (Å²) in [6.07, 6.45) is 4.44. The normalized spacial score (nSPS) is 10.9. The summed E-state index contributed by atoms with van der Waals surface area (Å²) in [5.41, 5.74) is 4.79. The number of rotatable bonds is 7. The number of nitrogens with zero attached hydrogens (tertiary/aromatic N) is 2. The van der Waals surface area contributed by atoms with Crippen molar-refractivity contribution >= 4 is 29.6 Å². The lowest BCUT2D eigenvalue weighted by molar-refractivity contribution is -0.385. The van der Waals surface area contributed by atoms with Crippen LogP contribution in [0.25, 0.3) is 6.08 Å². The topological polar surface area (TPSA) is 96.6 Å². The maximum absolute atomic E-state index is 11.7. The van der Waals surface area contributed by atoms with E-state index in [1.165, 1.54) is 18.4 Å². The van der Waals surface area contributed by atoms with Gasteiger partial charge in [0.05, 0.1) is 17.0 Å². The van der Waals surface area contributed by atoms with Crippen LogP contribution < -0.4 is 10.7 Å². The first-order chi connectivity index (χ1) is 12.1. The number of hydrogen-bond donors (Lipinski definition) is 2. The fraction of sp³-hybridized carbons (Fsp3) is 0.111. The van der Waals surface area contributed by atoms with Gasteiger partial charge in [0.25, 0.3) is 11.6 Å². The number of hydrazone groups is 1. The van der Waals surface area contributed by atoms with Crippen LogP contribution in [0, 0.1) is 17.0 Å². The van der Waals surface area contributed by atoms with Crippen LogP contribution in [0.5, 0.6) is 0 Å². The molecule has 2 N–H and O–H groups in total. The van der Waals surface area contributed by atoms with Gasteiger partial charge < -0.3 is 5.32 Å². The first-order valence-electron chi connectivity index (χ1n) is 7.59. The van der Waals surface area contributed by atoms with Crippen molar-refractivity contribution in [2.24, 2.45) is 5.10 Å². The van der Waals surface area contributed by atoms with Gasteiger partial charge in [-0.15, -0.1) is 0 Å². The zero-order valence-electron chi connectivity index (χ0n) is 13.7. The molecule has 0 aromatic heterocycles. The van der Waals surface area contributed by atoms with E-state index in [1.807, 2.05) is 31.2 Å². The largest absolute Gasteiger partial charge is 0.376 e. The number of nitrogens with one attached hydrogen (secondary N) is 2. The van der Waals surface area contributed by atoms with Crippen LogP contribution >= 0.6 is 0 Å². The van der Waals surface area contributed by atoms with E-state index >= 15 is 0 Å². The molecule has 0 unspecified atom stereocenters. The molecule has 0 aliphatic heterocycles. The van der Waals surface area contributed by atoms with Crippen molar-refractivity contribution in [3.8, 4) is 0 Å². The molecular formula is C18H18N4O3. The summed E-state index contributed by atoms with van der Waals surface area (Å²) in [5.74, 6) is -0.293. The summed E-state index contributed by atoms with van der Waals surface area (Å²) in [6, 6.07) is 14.0. The third-order valence-corrected chi connectivity index (χ3v) is 3.34. The van der Waals surface area contributed by atoms with Crippen molar-refractivity contribution in [3.63, 3.8) is 0 Å². The van der Waals surface area contributed by atoms with Gasteiger partial charge in [0, 0.05) is 18.0 Å². The highest BCUT2D eigenvalue weighted by molar-refractivity contribution is 5.84. The minimum Gasteiger partial charge on any atom is -0.376 e. The molecule has 0 bridgehead atoms. The predicted molar refractivity (Wildman–Crippen MR) is 98.4 cm³/mol. The Morgan fingerprint density at radius 3 is 2.68 bits per heavy atom. The molecule has 2 aromatic carbocycles. The molecule has 0 heterocycles. The van der Waals surface area contributed by atoms with E-state index < -0.39 is 4.92 Å². The Balaban J connectivity index is 1.82. The Bertz CT molecular complexity index is 815. The van der Waals surface area contributed by atoms with Crippen molar-refractivity contribution in [1.82, 2.24) is 5.43 Å². The Labute approximate surface area is 145 Å². The molecule has 128 valence electrons. The fourth-order valence-corrected chi connectivity index (χ4v) is 2.08. The lowest BCUT2D eigenvalue weighted by Crippen LogP contribution is -2.25. The lowest BCUT2D eigenvalue weighted by Gasteiger charge is -2.07. The molecule has 0 aliphatic rings. The summed E-state index contributed by atoms with van der Waals surface area (Å²) < 4.78 is 0. The number of anilines is 1. The summed E-state index contributed by atoms with van der Waals surface area (Å²) in [7, 11) is 0. The van der Waals surface area contributed by atoms with Crippen LogP contribution in [-0.4, -0.2) is 23.6 Å². The van der Waals surface area contributed by atoms with E-state index in [4.69, 9.17) is 0 Å². The van der Waals surface area contributed by atoms with Gasteiger partial charge in [0.15, 0.2) is 0 Å². The second kappa shape index (κ2) is 8.97. The van der Waals surface area contributed by atoms with Gasteiger partial charge in [-0.1, -0.05) is 30.3 Å². The molecular weight excluding hydrogens is 320 g/mol. The van der Waals surface area contributed by atoms with E-state index in [0.29, 0.717) is 5.56 Å². The molecule has 0 spiro atoms. The quantitative estimate of drug-likeness (QED) is 0.460. The van der Waals surface area contributed by atoms with Crippen LogP contribution in [0.2, 0.25) is 0 Å². The standard InChI is InChI=1S/C18H18N4O3/c1-14-7-2-4-10-16(14)19-13-18(23)21-20-12-6-9-15-8-3-5-11-17(15)22(24)25/h2-12,19H,13H2,1H3,(H,21,23)/b9-6+,20-12-. The molecule has 0 saturated heterocycles. The molecule has 0 fully saturated rings. The molecule has 2 rings (SSSR count). The van der Waals surface area contributed by atoms with Crippen LogP contribution in [0.15, 0.2) is 59.7 Å². The highest BCUT2D eigenvalue weighted by Gasteiger charge is 2.08. The maximum atomic E-state index is 11.7. The molecule has 0 radical (unpaired) electrons. The lowest BCUT2D eigenvalue weighted by atomic mass is 10.2. The van der Waals surface area contributed by atoms with E-state index in [0.717, 1.165) is 11.3 Å². The van der Waals surface area contributed by atoms with Gasteiger partial charge in [-0.05, 0) is 36.8 Å². The molecule has 0 saturated carbocycles. The number of benzene rings is 2. The van der Waals surface area contributed by atoms with Crippen LogP contribution in [-0.2, 0) is 4.79 Å². The number of allylic oxidation sites excluding steroid dienone is 1. The van der Waals surface area contributed by atoms with Gasteiger partial charge in [0.2, 0.25) is 0 Å². The maximum Gasteiger partial charge on any atom is 0.276 e. The van der Waals surface area contributed by atoms with Gasteiger partial charge in [-0.25, -0.2) is 5.43 Å². The van der Waals surface area contributed by atoms with Crippen LogP contribution in [0.4, 0.5) is 11.4 Å². The summed E-state index contributed by atoms with van der Waals surface area (Å²) in [6.45, 7) is 2.04. The highest BCUT2D eigenvalue weighted by Crippen LogP contribution is 2.18. The minimum absolute atomic E-state index is 0.0126. The SMILES string of the molecule is Cc1ccccc1NCC(=O)N/N=C\C=C\c1ccccc1[N+](=O)[O-]. The number of aryl methyl sites for hydroxylation is 1. The van der Waals surface area contributed by atoms with Crippen molar-refractivity contribution in [3.05, 3.63) is 75.8 Å². The summed E-state index contributed by atoms with van der Waals surface area (Å²) in [4.78, 5) is 22.1. The first-order valence-corrected chi connectivity index (χ1v) is 7.59. The zero-order chi connectivity index (χ0) is 18.1. The average molecular weight is 338 g/mol. The van der Waals surface area contributed by atoms with Crippen molar-refractivity contribution in [2.75, 3.05) is 11.9 Å². The summed E-state index contributed by atoms with van der Waals surface area (Å²) >= 11 is 0. The molecule has 25 heavy (non-hydrogen) atoms. The van der Waals surface area contributed by atoms with E-state index in [-0.39, 0.29) is 18.1 Å². The number of carbonyl (C=O) groups excluding carboxylic acids is 1. The molecule has 1 amide bonds. The second-order valence-corrected chi connectivity index (χ2v) is 5.16. The van der Waals surface area contributed by atoms with Gasteiger partial charge in [-0.3, -0.25) is 14.9 Å². The van der Waals surface area contributed by atoms with Crippen LogP contribution in [0.3, 0.4) is 0 Å². The smallest absolute Gasteiger partial charge is 0.276 e. The predicted octanol–water partition coefficient (Wildman–Crippen LogP) is 3.13. The number of amides is 1. The molecule has 7 nitrogen and oxygen atoms in total. The number of carbonyl (C=O) groups is 1. The molecule has 7 heteroatoms. The third-order valence-electron chi connectivity index (χ3n) is 3.34. The minimum atomic E-state index is -0.449. The fourth-order valence-electron chi connectivity index (χ4n) is 2.08. The number of nitro benzene ring substituents is 1. The first kappa shape index (κ1) is 17.9. The van der Waals surface area contributed by atoms with Gasteiger partial charge >= 0.3 is 0 Å². The van der Waals surface area contributed by atoms with E-state index in [9.17, 15) is 14.9 Å². The average Bonchev–Trinajstić information content (AvgIpc) is 2.61. The Kier molecular flexibility index (Phi) is 6.41. The van der Waals surface area contributed by atoms with Crippen molar-refractivity contribution in [1.29, 1.82) is 0 Å². The third kappa shape index (κ3) is 5.58. The van der Waals surface area contributed by atoms with Crippen molar-refractivity contribution in [2.45, 2.75) is 6.92 Å². The number of para-hydroxylation sites is 2. The Morgan fingerprint density at radius 1 is 1.20 bits per heavy atom. The Hall–Kier alpha value is -3.48. The summed E-state index contributed by atoms with van der Waals surface area (Å²) in [5, 5.41) is 17.7. The molecule has 2 aromatic rings. The zero-order valence-corrected chi connectivity index (χ0v) is 13.7. The van der Waals surface area contributed by atoms with E-state index in [1.54, 1.807) is 24.3 Å². The number of hydrogen-bond acceptors (Lipinski definition) is 5. The second-order valence-electron chi connectivity index (χ2n) is 5.16. The monoisotopic (exact) mass is 338 g/mol. The van der Waals surface area contributed by atoms with Crippen LogP contribution in [0.1, 0.15) is 11.1 Å². The van der Waals surface area contributed by atoms with E-state index in [2.05, 4.69) is 15.8 Å². The van der Waals surface area contributed by atoms with Crippen molar-refractivity contribution < 1.29 is 9.72 Å².